The summed E-state index contributed by atoms with van der Waals surface area (Å²) in [4.78, 5) is 27.9. The minimum Gasteiger partial charge on any atom is -0.493 e. The van der Waals surface area contributed by atoms with Gasteiger partial charge in [-0.1, -0.05) is 17.7 Å². The Morgan fingerprint density at radius 1 is 1.23 bits per heavy atom. The molecule has 0 amide bonds. The van der Waals surface area contributed by atoms with Gasteiger partial charge < -0.3 is 24.8 Å². The molecule has 3 N–H and O–H groups in total. The summed E-state index contributed by atoms with van der Waals surface area (Å²) in [6, 6.07) is 7.18. The lowest BCUT2D eigenvalue weighted by Gasteiger charge is -2.13. The van der Waals surface area contributed by atoms with Gasteiger partial charge in [-0.2, -0.15) is 0 Å². The highest BCUT2D eigenvalue weighted by Crippen LogP contribution is 2.40. The number of H-pyrrole nitrogens is 2. The molecule has 0 bridgehead atoms. The number of halogens is 1. The topological polar surface area (TPSA) is 105 Å². The molecule has 3 aromatic heterocycles. The SMILES string of the molecule is COCCc1c[nH]c(=O)c2c(Nc3cccc(Cl)c3OC)c(-c3ccnc(C)n3)[nH]c12. The molecule has 0 aliphatic rings. The Balaban J connectivity index is 1.98. The second-order valence-electron chi connectivity index (χ2n) is 6.95. The van der Waals surface area contributed by atoms with Crippen LogP contribution in [0.5, 0.6) is 5.75 Å². The Morgan fingerprint density at radius 3 is 2.81 bits per heavy atom. The maximum atomic E-state index is 12.9. The number of aromatic nitrogens is 4. The first-order valence-corrected chi connectivity index (χ1v) is 10.1. The summed E-state index contributed by atoms with van der Waals surface area (Å²) in [5, 5.41) is 4.29. The second kappa shape index (κ2) is 8.79. The van der Waals surface area contributed by atoms with E-state index in [2.05, 4.69) is 25.3 Å². The zero-order valence-corrected chi connectivity index (χ0v) is 18.1. The fraction of sp³-hybridized carbons (Fsp3) is 0.227. The highest BCUT2D eigenvalue weighted by Gasteiger charge is 2.21. The van der Waals surface area contributed by atoms with Gasteiger partial charge in [0, 0.05) is 19.5 Å². The molecule has 0 saturated heterocycles. The molecular weight excluding hydrogens is 418 g/mol. The second-order valence-corrected chi connectivity index (χ2v) is 7.35. The quantitative estimate of drug-likeness (QED) is 0.398. The smallest absolute Gasteiger partial charge is 0.259 e. The van der Waals surface area contributed by atoms with Gasteiger partial charge in [0.05, 0.1) is 52.4 Å². The molecule has 0 saturated carbocycles. The summed E-state index contributed by atoms with van der Waals surface area (Å²) in [5.74, 6) is 1.10. The summed E-state index contributed by atoms with van der Waals surface area (Å²) in [7, 11) is 3.19. The number of hydrogen-bond acceptors (Lipinski definition) is 6. The number of aromatic amines is 2. The zero-order chi connectivity index (χ0) is 22.0. The number of ether oxygens (including phenoxy) is 2. The largest absolute Gasteiger partial charge is 0.493 e. The average Bonchev–Trinajstić information content (AvgIpc) is 3.14. The zero-order valence-electron chi connectivity index (χ0n) is 17.4. The van der Waals surface area contributed by atoms with Gasteiger partial charge in [-0.15, -0.1) is 0 Å². The van der Waals surface area contributed by atoms with E-state index in [0.717, 1.165) is 11.1 Å². The number of rotatable bonds is 7. The molecule has 0 atom stereocenters. The van der Waals surface area contributed by atoms with Crippen molar-refractivity contribution >= 4 is 33.9 Å². The minimum atomic E-state index is -0.229. The Kier molecular flexibility index (Phi) is 5.92. The first kappa shape index (κ1) is 20.9. The molecule has 1 aromatic carbocycles. The van der Waals surface area contributed by atoms with Crippen molar-refractivity contribution in [1.29, 1.82) is 0 Å². The monoisotopic (exact) mass is 439 g/mol. The standard InChI is InChI=1S/C22H22ClN5O3/c1-12-24-9-7-15(26-12)19-20(27-16-6-4-5-14(23)21(16)31-3)17-18(28-19)13(8-10-30-2)11-25-22(17)29/h4-7,9,11,27-28H,8,10H2,1-3H3,(H,25,29). The van der Waals surface area contributed by atoms with Crippen LogP contribution in [0, 0.1) is 6.92 Å². The van der Waals surface area contributed by atoms with Crippen LogP contribution in [0.1, 0.15) is 11.4 Å². The molecule has 0 fully saturated rings. The van der Waals surface area contributed by atoms with Crippen molar-refractivity contribution in [1.82, 2.24) is 19.9 Å². The summed E-state index contributed by atoms with van der Waals surface area (Å²) < 4.78 is 10.7. The van der Waals surface area contributed by atoms with Crippen LogP contribution < -0.4 is 15.6 Å². The maximum absolute atomic E-state index is 12.9. The third-order valence-electron chi connectivity index (χ3n) is 4.96. The van der Waals surface area contributed by atoms with Crippen LogP contribution in [0.15, 0.2) is 41.5 Å². The van der Waals surface area contributed by atoms with Gasteiger partial charge in [0.1, 0.15) is 5.82 Å². The molecule has 0 radical (unpaired) electrons. The van der Waals surface area contributed by atoms with E-state index in [9.17, 15) is 4.79 Å². The van der Waals surface area contributed by atoms with Crippen LogP contribution in [0.2, 0.25) is 5.02 Å². The Hall–Kier alpha value is -3.36. The predicted octanol–water partition coefficient (Wildman–Crippen LogP) is 4.22. The van der Waals surface area contributed by atoms with E-state index in [0.29, 0.717) is 57.8 Å². The van der Waals surface area contributed by atoms with Crippen molar-refractivity contribution in [2.75, 3.05) is 26.1 Å². The van der Waals surface area contributed by atoms with Crippen LogP contribution in [-0.2, 0) is 11.2 Å². The third kappa shape index (κ3) is 3.99. The summed E-state index contributed by atoms with van der Waals surface area (Å²) >= 11 is 6.30. The molecule has 0 aliphatic carbocycles. The number of fused-ring (bicyclic) bond motifs is 1. The summed E-state index contributed by atoms with van der Waals surface area (Å²) in [6.07, 6.45) is 4.02. The number of anilines is 2. The molecule has 4 aromatic rings. The highest BCUT2D eigenvalue weighted by atomic mass is 35.5. The van der Waals surface area contributed by atoms with Crippen LogP contribution in [-0.4, -0.2) is 40.8 Å². The molecule has 0 spiro atoms. The number of methoxy groups -OCH3 is 2. The van der Waals surface area contributed by atoms with E-state index in [1.807, 2.05) is 19.1 Å². The van der Waals surface area contributed by atoms with Gasteiger partial charge in [-0.3, -0.25) is 4.79 Å². The number of hydrogen-bond donors (Lipinski definition) is 3. The normalized spacial score (nSPS) is 11.1. The van der Waals surface area contributed by atoms with Gasteiger partial charge in [0.2, 0.25) is 0 Å². The predicted molar refractivity (Wildman–Crippen MR) is 122 cm³/mol. The maximum Gasteiger partial charge on any atom is 0.259 e. The van der Waals surface area contributed by atoms with Gasteiger partial charge in [0.15, 0.2) is 5.75 Å². The van der Waals surface area contributed by atoms with E-state index in [1.165, 1.54) is 0 Å². The minimum absolute atomic E-state index is 0.229. The number of nitrogens with zero attached hydrogens (tertiary/aromatic N) is 2. The number of para-hydroxylation sites is 1. The van der Waals surface area contributed by atoms with E-state index >= 15 is 0 Å². The molecule has 4 rings (SSSR count). The molecule has 160 valence electrons. The van der Waals surface area contributed by atoms with Crippen molar-refractivity contribution in [2.45, 2.75) is 13.3 Å². The highest BCUT2D eigenvalue weighted by molar-refractivity contribution is 6.32. The van der Waals surface area contributed by atoms with Crippen LogP contribution in [0.4, 0.5) is 11.4 Å². The van der Waals surface area contributed by atoms with Gasteiger partial charge in [-0.25, -0.2) is 9.97 Å². The third-order valence-corrected chi connectivity index (χ3v) is 5.26. The van der Waals surface area contributed by atoms with Crippen LogP contribution in [0.3, 0.4) is 0 Å². The first-order valence-electron chi connectivity index (χ1n) is 9.68. The number of benzene rings is 1. The molecule has 3 heterocycles. The molecule has 8 nitrogen and oxygen atoms in total. The summed E-state index contributed by atoms with van der Waals surface area (Å²) in [6.45, 7) is 2.34. The van der Waals surface area contributed by atoms with E-state index < -0.39 is 0 Å². The number of nitrogens with one attached hydrogen (secondary N) is 3. The fourth-order valence-electron chi connectivity index (χ4n) is 3.54. The van der Waals surface area contributed by atoms with Crippen molar-refractivity contribution in [3.63, 3.8) is 0 Å². The van der Waals surface area contributed by atoms with Crippen molar-refractivity contribution < 1.29 is 9.47 Å². The fourth-order valence-corrected chi connectivity index (χ4v) is 3.79. The van der Waals surface area contributed by atoms with E-state index in [4.69, 9.17) is 21.1 Å². The summed E-state index contributed by atoms with van der Waals surface area (Å²) in [5.41, 5.74) is 3.94. The van der Waals surface area contributed by atoms with Gasteiger partial charge in [-0.05, 0) is 37.1 Å². The van der Waals surface area contributed by atoms with Gasteiger partial charge in [0.25, 0.3) is 5.56 Å². The molecule has 0 aliphatic heterocycles. The number of aryl methyl sites for hydroxylation is 1. The lowest BCUT2D eigenvalue weighted by Crippen LogP contribution is -2.09. The molecule has 31 heavy (non-hydrogen) atoms. The first-order chi connectivity index (χ1) is 15.0. The van der Waals surface area contributed by atoms with Crippen molar-refractivity contribution in [2.24, 2.45) is 0 Å². The van der Waals surface area contributed by atoms with Crippen molar-refractivity contribution in [3.8, 4) is 17.1 Å². The van der Waals surface area contributed by atoms with Crippen LogP contribution in [0.25, 0.3) is 22.3 Å². The Bertz CT molecular complexity index is 1300. The van der Waals surface area contributed by atoms with Gasteiger partial charge >= 0.3 is 0 Å². The Morgan fingerprint density at radius 2 is 2.06 bits per heavy atom. The average molecular weight is 440 g/mol. The van der Waals surface area contributed by atoms with Crippen LogP contribution >= 0.6 is 11.6 Å². The molecular formula is C22H22ClN5O3. The van der Waals surface area contributed by atoms with Crippen molar-refractivity contribution in [3.05, 3.63) is 63.4 Å². The van der Waals surface area contributed by atoms with E-state index in [-0.39, 0.29) is 5.56 Å². The Labute approximate surface area is 183 Å². The molecule has 9 heteroatoms. The lowest BCUT2D eigenvalue weighted by atomic mass is 10.1. The lowest BCUT2D eigenvalue weighted by molar-refractivity contribution is 0.202. The number of pyridine rings is 1. The van der Waals surface area contributed by atoms with E-state index in [1.54, 1.807) is 38.7 Å². The molecule has 0 unspecified atom stereocenters.